The van der Waals surface area contributed by atoms with Gasteiger partial charge >= 0.3 is 0 Å². The van der Waals surface area contributed by atoms with Crippen LogP contribution in [0.15, 0.2) is 42.5 Å². The van der Waals surface area contributed by atoms with E-state index in [-0.39, 0.29) is 12.4 Å². The molecule has 0 radical (unpaired) electrons. The first-order valence-electron chi connectivity index (χ1n) is 13.0. The SMILES string of the molecule is CCc1cc2c(cc1OCc1cc(-c3c(C)cc(CCC(C)(C)O)cc3C)ccc1F)CC1CC21. The van der Waals surface area contributed by atoms with Crippen LogP contribution in [0.5, 0.6) is 5.75 Å². The second-order valence-electron chi connectivity index (χ2n) is 11.3. The van der Waals surface area contributed by atoms with E-state index in [9.17, 15) is 9.50 Å². The maximum absolute atomic E-state index is 14.8. The molecule has 5 rings (SSSR count). The molecule has 2 aliphatic rings. The lowest BCUT2D eigenvalue weighted by atomic mass is 9.90. The molecule has 0 heterocycles. The Balaban J connectivity index is 1.37. The van der Waals surface area contributed by atoms with Crippen LogP contribution >= 0.6 is 0 Å². The molecule has 1 fully saturated rings. The molecule has 0 amide bonds. The van der Waals surface area contributed by atoms with Gasteiger partial charge in [-0.15, -0.1) is 0 Å². The summed E-state index contributed by atoms with van der Waals surface area (Å²) in [5.74, 6) is 2.28. The number of aryl methyl sites for hydroxylation is 4. The molecule has 3 heteroatoms. The first-order chi connectivity index (χ1) is 16.6. The third kappa shape index (κ3) is 5.02. The number of hydrogen-bond donors (Lipinski definition) is 1. The molecule has 0 saturated heterocycles. The number of rotatable bonds is 8. The number of halogens is 1. The number of ether oxygens (including phenoxy) is 1. The largest absolute Gasteiger partial charge is 0.489 e. The maximum Gasteiger partial charge on any atom is 0.129 e. The van der Waals surface area contributed by atoms with Crippen molar-refractivity contribution in [3.05, 3.63) is 87.2 Å². The minimum absolute atomic E-state index is 0.222. The van der Waals surface area contributed by atoms with E-state index in [2.05, 4.69) is 45.0 Å². The van der Waals surface area contributed by atoms with Gasteiger partial charge in [-0.1, -0.05) is 31.2 Å². The predicted octanol–water partition coefficient (Wildman–Crippen LogP) is 7.61. The number of aliphatic hydroxyl groups is 1. The summed E-state index contributed by atoms with van der Waals surface area (Å²) in [5.41, 5.74) is 9.77. The van der Waals surface area contributed by atoms with Gasteiger partial charge < -0.3 is 9.84 Å². The van der Waals surface area contributed by atoms with Crippen LogP contribution in [-0.2, 0) is 25.9 Å². The zero-order chi connectivity index (χ0) is 24.9. The van der Waals surface area contributed by atoms with Crippen molar-refractivity contribution >= 4 is 0 Å². The molecule has 3 aromatic carbocycles. The summed E-state index contributed by atoms with van der Waals surface area (Å²) in [6, 6.07) is 14.3. The normalized spacial score (nSPS) is 18.4. The molecule has 1 N–H and O–H groups in total. The van der Waals surface area contributed by atoms with Gasteiger partial charge in [0.15, 0.2) is 0 Å². The van der Waals surface area contributed by atoms with Crippen LogP contribution in [-0.4, -0.2) is 10.7 Å². The number of hydrogen-bond acceptors (Lipinski definition) is 2. The molecule has 2 aliphatic carbocycles. The molecule has 184 valence electrons. The van der Waals surface area contributed by atoms with Gasteiger partial charge in [-0.25, -0.2) is 4.39 Å². The summed E-state index contributed by atoms with van der Waals surface area (Å²) < 4.78 is 21.1. The van der Waals surface area contributed by atoms with E-state index in [1.165, 1.54) is 39.8 Å². The second-order valence-corrected chi connectivity index (χ2v) is 11.3. The summed E-state index contributed by atoms with van der Waals surface area (Å²) in [7, 11) is 0. The van der Waals surface area contributed by atoms with Gasteiger partial charge in [-0.3, -0.25) is 0 Å². The molecule has 0 spiro atoms. The second kappa shape index (κ2) is 9.09. The van der Waals surface area contributed by atoms with Crippen molar-refractivity contribution in [3.63, 3.8) is 0 Å². The number of fused-ring (bicyclic) bond motifs is 3. The molecule has 0 bridgehead atoms. The van der Waals surface area contributed by atoms with E-state index in [4.69, 9.17) is 4.74 Å². The Labute approximate surface area is 209 Å². The van der Waals surface area contributed by atoms with Gasteiger partial charge in [0, 0.05) is 5.56 Å². The molecular formula is C32H37FO2. The highest BCUT2D eigenvalue weighted by atomic mass is 19.1. The summed E-state index contributed by atoms with van der Waals surface area (Å²) in [4.78, 5) is 0. The molecule has 2 unspecified atom stereocenters. The van der Waals surface area contributed by atoms with E-state index in [0.717, 1.165) is 48.0 Å². The van der Waals surface area contributed by atoms with E-state index in [0.29, 0.717) is 12.0 Å². The van der Waals surface area contributed by atoms with Gasteiger partial charge in [0.1, 0.15) is 18.2 Å². The Hall–Kier alpha value is -2.65. The smallest absolute Gasteiger partial charge is 0.129 e. The lowest BCUT2D eigenvalue weighted by Gasteiger charge is -2.19. The van der Waals surface area contributed by atoms with Crippen molar-refractivity contribution in [1.82, 2.24) is 0 Å². The summed E-state index contributed by atoms with van der Waals surface area (Å²) in [5, 5.41) is 10.1. The molecule has 3 aromatic rings. The van der Waals surface area contributed by atoms with E-state index in [1.54, 1.807) is 6.07 Å². The van der Waals surface area contributed by atoms with Crippen molar-refractivity contribution in [1.29, 1.82) is 0 Å². The molecule has 2 nitrogen and oxygen atoms in total. The van der Waals surface area contributed by atoms with Crippen LogP contribution in [0.2, 0.25) is 0 Å². The lowest BCUT2D eigenvalue weighted by molar-refractivity contribution is 0.0714. The van der Waals surface area contributed by atoms with Crippen LogP contribution in [0.1, 0.15) is 78.5 Å². The third-order valence-corrected chi connectivity index (χ3v) is 7.84. The zero-order valence-electron chi connectivity index (χ0n) is 21.7. The van der Waals surface area contributed by atoms with Crippen LogP contribution in [0.25, 0.3) is 11.1 Å². The fraction of sp³-hybridized carbons (Fsp3) is 0.438. The van der Waals surface area contributed by atoms with E-state index in [1.807, 2.05) is 26.0 Å². The summed E-state index contributed by atoms with van der Waals surface area (Å²) in [6.07, 6.45) is 4.96. The van der Waals surface area contributed by atoms with Crippen molar-refractivity contribution in [2.75, 3.05) is 0 Å². The van der Waals surface area contributed by atoms with Crippen molar-refractivity contribution < 1.29 is 14.2 Å². The fourth-order valence-electron chi connectivity index (χ4n) is 5.85. The monoisotopic (exact) mass is 472 g/mol. The standard InChI is InChI=1S/C32H37FO2/c1-6-22-15-27-25(14-24-16-28(24)27)17-30(22)35-18-26-13-23(7-8-29(26)33)31-19(2)11-21(12-20(31)3)9-10-32(4,5)34/h7-8,11-13,15,17,24,28,34H,6,9-10,14,16,18H2,1-5H3. The minimum Gasteiger partial charge on any atom is -0.489 e. The highest BCUT2D eigenvalue weighted by Gasteiger charge is 2.45. The quantitative estimate of drug-likeness (QED) is 0.365. The average Bonchev–Trinajstić information content (AvgIpc) is 3.47. The Morgan fingerprint density at radius 1 is 1.03 bits per heavy atom. The van der Waals surface area contributed by atoms with Gasteiger partial charge in [0.25, 0.3) is 0 Å². The Bertz CT molecular complexity index is 1240. The Morgan fingerprint density at radius 2 is 1.77 bits per heavy atom. The molecule has 0 aromatic heterocycles. The Kier molecular flexibility index (Phi) is 6.25. The minimum atomic E-state index is -0.677. The van der Waals surface area contributed by atoms with Gasteiger partial charge in [0.05, 0.1) is 5.60 Å². The Morgan fingerprint density at radius 3 is 2.46 bits per heavy atom. The highest BCUT2D eigenvalue weighted by molar-refractivity contribution is 5.72. The molecule has 35 heavy (non-hydrogen) atoms. The fourth-order valence-corrected chi connectivity index (χ4v) is 5.85. The van der Waals surface area contributed by atoms with Crippen LogP contribution < -0.4 is 4.74 Å². The van der Waals surface area contributed by atoms with Crippen LogP contribution in [0.3, 0.4) is 0 Å². The topological polar surface area (TPSA) is 29.5 Å². The van der Waals surface area contributed by atoms with Crippen molar-refractivity contribution in [3.8, 4) is 16.9 Å². The summed E-state index contributed by atoms with van der Waals surface area (Å²) in [6.45, 7) is 10.3. The molecular weight excluding hydrogens is 435 g/mol. The first-order valence-corrected chi connectivity index (χ1v) is 13.0. The first kappa shape index (κ1) is 24.1. The van der Waals surface area contributed by atoms with Gasteiger partial charge in [-0.05, 0) is 134 Å². The lowest BCUT2D eigenvalue weighted by Crippen LogP contribution is -2.19. The summed E-state index contributed by atoms with van der Waals surface area (Å²) >= 11 is 0. The molecule has 2 atom stereocenters. The zero-order valence-corrected chi connectivity index (χ0v) is 21.7. The van der Waals surface area contributed by atoms with E-state index < -0.39 is 5.60 Å². The average molecular weight is 473 g/mol. The van der Waals surface area contributed by atoms with Crippen molar-refractivity contribution in [2.24, 2.45) is 5.92 Å². The number of benzene rings is 3. The maximum atomic E-state index is 14.8. The van der Waals surface area contributed by atoms with Gasteiger partial charge in [-0.2, -0.15) is 0 Å². The highest BCUT2D eigenvalue weighted by Crippen LogP contribution is 2.57. The van der Waals surface area contributed by atoms with Crippen LogP contribution in [0, 0.1) is 25.6 Å². The van der Waals surface area contributed by atoms with E-state index >= 15 is 0 Å². The molecule has 0 aliphatic heterocycles. The predicted molar refractivity (Wildman–Crippen MR) is 141 cm³/mol. The van der Waals surface area contributed by atoms with Crippen LogP contribution in [0.4, 0.5) is 4.39 Å². The molecule has 1 saturated carbocycles. The van der Waals surface area contributed by atoms with Crippen molar-refractivity contribution in [2.45, 2.75) is 84.8 Å². The third-order valence-electron chi connectivity index (χ3n) is 7.84. The van der Waals surface area contributed by atoms with Gasteiger partial charge in [0.2, 0.25) is 0 Å².